The van der Waals surface area contributed by atoms with Crippen molar-refractivity contribution >= 4 is 5.91 Å². The Hall–Kier alpha value is -0.610. The molecule has 1 fully saturated rings. The Morgan fingerprint density at radius 1 is 1.40 bits per heavy atom. The van der Waals surface area contributed by atoms with Gasteiger partial charge in [0, 0.05) is 20.0 Å². The molecule has 90 valence electrons. The number of aliphatic hydroxyl groups is 2. The molecule has 0 atom stereocenters. The highest BCUT2D eigenvalue weighted by Crippen LogP contribution is 2.04. The van der Waals surface area contributed by atoms with Gasteiger partial charge in [0.05, 0.1) is 0 Å². The summed E-state index contributed by atoms with van der Waals surface area (Å²) in [5.74, 6) is 0.292. The number of rotatable bonds is 4. The second kappa shape index (κ2) is 8.68. The molecule has 0 saturated carbocycles. The van der Waals surface area contributed by atoms with Gasteiger partial charge in [0.15, 0.2) is 6.29 Å². The van der Waals surface area contributed by atoms with Gasteiger partial charge in [-0.05, 0) is 19.3 Å². The van der Waals surface area contributed by atoms with E-state index in [1.807, 2.05) is 7.05 Å². The van der Waals surface area contributed by atoms with Crippen LogP contribution in [0.1, 0.15) is 45.4 Å². The lowest BCUT2D eigenvalue weighted by Gasteiger charge is -2.03. The molecule has 0 aromatic carbocycles. The van der Waals surface area contributed by atoms with Gasteiger partial charge >= 0.3 is 0 Å². The van der Waals surface area contributed by atoms with E-state index < -0.39 is 6.29 Å². The zero-order chi connectivity index (χ0) is 11.7. The third kappa shape index (κ3) is 8.39. The number of unbranched alkanes of at least 4 members (excludes halogenated alkanes) is 2. The van der Waals surface area contributed by atoms with Crippen molar-refractivity contribution in [1.82, 2.24) is 4.90 Å². The van der Waals surface area contributed by atoms with Crippen LogP contribution in [0.2, 0.25) is 0 Å². The van der Waals surface area contributed by atoms with Crippen LogP contribution >= 0.6 is 0 Å². The summed E-state index contributed by atoms with van der Waals surface area (Å²) in [7, 11) is 1.84. The summed E-state index contributed by atoms with van der Waals surface area (Å²) >= 11 is 0. The third-order valence-corrected chi connectivity index (χ3v) is 2.38. The third-order valence-electron chi connectivity index (χ3n) is 2.38. The van der Waals surface area contributed by atoms with Crippen LogP contribution in [0.5, 0.6) is 0 Å². The van der Waals surface area contributed by atoms with Crippen LogP contribution in [-0.4, -0.2) is 40.9 Å². The van der Waals surface area contributed by atoms with Crippen molar-refractivity contribution in [3.63, 3.8) is 0 Å². The van der Waals surface area contributed by atoms with Gasteiger partial charge in [-0.1, -0.05) is 19.8 Å². The molecule has 0 radical (unpaired) electrons. The molecule has 1 saturated heterocycles. The Bertz CT molecular complexity index is 171. The van der Waals surface area contributed by atoms with Gasteiger partial charge in [-0.15, -0.1) is 0 Å². The van der Waals surface area contributed by atoms with E-state index in [2.05, 4.69) is 6.92 Å². The van der Waals surface area contributed by atoms with Gasteiger partial charge in [0.1, 0.15) is 0 Å². The summed E-state index contributed by atoms with van der Waals surface area (Å²) < 4.78 is 0. The molecular formula is C11H23NO3. The van der Waals surface area contributed by atoms with E-state index in [9.17, 15) is 4.79 Å². The molecular weight excluding hydrogens is 194 g/mol. The van der Waals surface area contributed by atoms with E-state index in [1.54, 1.807) is 4.90 Å². The van der Waals surface area contributed by atoms with Crippen molar-refractivity contribution in [3.8, 4) is 0 Å². The number of hydrogen-bond donors (Lipinski definition) is 2. The van der Waals surface area contributed by atoms with Crippen molar-refractivity contribution in [2.24, 2.45) is 0 Å². The average Bonchev–Trinajstić information content (AvgIpc) is 2.52. The maximum absolute atomic E-state index is 10.5. The SMILES string of the molecule is CCCCCC(O)O.CN1CCCC1=O. The predicted octanol–water partition coefficient (Wildman–Crippen LogP) is 1.12. The van der Waals surface area contributed by atoms with Gasteiger partial charge < -0.3 is 15.1 Å². The molecule has 4 nitrogen and oxygen atoms in total. The van der Waals surface area contributed by atoms with Crippen LogP contribution < -0.4 is 0 Å². The normalized spacial score (nSPS) is 15.5. The lowest BCUT2D eigenvalue weighted by molar-refractivity contribution is -0.126. The zero-order valence-electron chi connectivity index (χ0n) is 9.78. The maximum Gasteiger partial charge on any atom is 0.222 e. The quantitative estimate of drug-likeness (QED) is 0.548. The lowest BCUT2D eigenvalue weighted by atomic mass is 10.2. The van der Waals surface area contributed by atoms with Gasteiger partial charge in [-0.2, -0.15) is 0 Å². The Morgan fingerprint density at radius 3 is 2.33 bits per heavy atom. The van der Waals surface area contributed by atoms with E-state index in [-0.39, 0.29) is 0 Å². The van der Waals surface area contributed by atoms with Gasteiger partial charge in [0.25, 0.3) is 0 Å². The van der Waals surface area contributed by atoms with E-state index in [0.717, 1.165) is 38.6 Å². The average molecular weight is 217 g/mol. The largest absolute Gasteiger partial charge is 0.368 e. The minimum atomic E-state index is -1.10. The van der Waals surface area contributed by atoms with Crippen LogP contribution in [0.4, 0.5) is 0 Å². The number of carbonyl (C=O) groups is 1. The lowest BCUT2D eigenvalue weighted by Crippen LogP contribution is -2.17. The molecule has 2 N–H and O–H groups in total. The molecule has 1 amide bonds. The number of amides is 1. The highest BCUT2D eigenvalue weighted by molar-refractivity contribution is 5.77. The minimum absolute atomic E-state index is 0.292. The van der Waals surface area contributed by atoms with Crippen LogP contribution in [-0.2, 0) is 4.79 Å². The standard InChI is InChI=1S/C6H14O2.C5H9NO/c1-2-3-4-5-6(7)8;1-6-4-2-3-5(6)7/h6-8H,2-5H2,1H3;2-4H2,1H3. The molecule has 1 aliphatic heterocycles. The molecule has 4 heteroatoms. The fraction of sp³-hybridized carbons (Fsp3) is 0.909. The number of likely N-dealkylation sites (tertiary alicyclic amines) is 1. The fourth-order valence-electron chi connectivity index (χ4n) is 1.36. The molecule has 15 heavy (non-hydrogen) atoms. The predicted molar refractivity (Wildman–Crippen MR) is 59.2 cm³/mol. The summed E-state index contributed by atoms with van der Waals surface area (Å²) in [6.45, 7) is 3.04. The van der Waals surface area contributed by atoms with Crippen molar-refractivity contribution in [2.45, 2.75) is 51.7 Å². The summed E-state index contributed by atoms with van der Waals surface area (Å²) in [6, 6.07) is 0. The fourth-order valence-corrected chi connectivity index (χ4v) is 1.36. The molecule has 0 aromatic rings. The first-order valence-corrected chi connectivity index (χ1v) is 5.68. The van der Waals surface area contributed by atoms with E-state index in [4.69, 9.17) is 10.2 Å². The van der Waals surface area contributed by atoms with Crippen LogP contribution in [0, 0.1) is 0 Å². The molecule has 0 unspecified atom stereocenters. The number of hydrogen-bond acceptors (Lipinski definition) is 3. The van der Waals surface area contributed by atoms with Gasteiger partial charge in [0.2, 0.25) is 5.91 Å². The Labute approximate surface area is 91.9 Å². The summed E-state index contributed by atoms with van der Waals surface area (Å²) in [4.78, 5) is 12.3. The first-order valence-electron chi connectivity index (χ1n) is 5.68. The molecule has 1 rings (SSSR count). The van der Waals surface area contributed by atoms with Crippen LogP contribution in [0.25, 0.3) is 0 Å². The van der Waals surface area contributed by atoms with Crippen molar-refractivity contribution in [2.75, 3.05) is 13.6 Å². The first kappa shape index (κ1) is 14.4. The molecule has 0 aliphatic carbocycles. The van der Waals surface area contributed by atoms with E-state index >= 15 is 0 Å². The summed E-state index contributed by atoms with van der Waals surface area (Å²) in [5.41, 5.74) is 0. The molecule has 0 bridgehead atoms. The zero-order valence-corrected chi connectivity index (χ0v) is 9.78. The Morgan fingerprint density at radius 2 is 2.07 bits per heavy atom. The number of carbonyl (C=O) groups excluding carboxylic acids is 1. The number of nitrogens with zero attached hydrogens (tertiary/aromatic N) is 1. The minimum Gasteiger partial charge on any atom is -0.368 e. The molecule has 0 aromatic heterocycles. The van der Waals surface area contributed by atoms with E-state index in [0.29, 0.717) is 12.3 Å². The summed E-state index contributed by atoms with van der Waals surface area (Å²) in [5, 5.41) is 16.7. The van der Waals surface area contributed by atoms with Crippen LogP contribution in [0.3, 0.4) is 0 Å². The van der Waals surface area contributed by atoms with Gasteiger partial charge in [-0.3, -0.25) is 4.79 Å². The van der Waals surface area contributed by atoms with Crippen LogP contribution in [0.15, 0.2) is 0 Å². The second-order valence-electron chi connectivity index (χ2n) is 3.90. The highest BCUT2D eigenvalue weighted by Gasteiger charge is 2.14. The summed E-state index contributed by atoms with van der Waals surface area (Å²) in [6.07, 6.45) is 4.39. The van der Waals surface area contributed by atoms with Crippen molar-refractivity contribution < 1.29 is 15.0 Å². The smallest absolute Gasteiger partial charge is 0.222 e. The van der Waals surface area contributed by atoms with Crippen molar-refractivity contribution in [1.29, 1.82) is 0 Å². The molecule has 1 aliphatic rings. The Balaban J connectivity index is 0.000000262. The van der Waals surface area contributed by atoms with E-state index in [1.165, 1.54) is 0 Å². The topological polar surface area (TPSA) is 60.8 Å². The number of aliphatic hydroxyl groups excluding tert-OH is 1. The highest BCUT2D eigenvalue weighted by atomic mass is 16.5. The first-order chi connectivity index (χ1) is 7.07. The maximum atomic E-state index is 10.5. The second-order valence-corrected chi connectivity index (χ2v) is 3.90. The molecule has 0 spiro atoms. The van der Waals surface area contributed by atoms with Gasteiger partial charge in [-0.25, -0.2) is 0 Å². The Kier molecular flexibility index (Phi) is 8.33. The molecule has 1 heterocycles. The monoisotopic (exact) mass is 217 g/mol. The van der Waals surface area contributed by atoms with Crippen molar-refractivity contribution in [3.05, 3.63) is 0 Å².